The van der Waals surface area contributed by atoms with Crippen molar-refractivity contribution in [3.05, 3.63) is 23.8 Å². The first-order chi connectivity index (χ1) is 7.15. The van der Waals surface area contributed by atoms with E-state index in [9.17, 15) is 4.79 Å². The van der Waals surface area contributed by atoms with Crippen LogP contribution < -0.4 is 9.64 Å². The first kappa shape index (κ1) is 10.0. The summed E-state index contributed by atoms with van der Waals surface area (Å²) in [5.74, 6) is 0.966. The van der Waals surface area contributed by atoms with Crippen LogP contribution in [0, 0.1) is 0 Å². The van der Waals surface area contributed by atoms with Gasteiger partial charge in [-0.3, -0.25) is 4.79 Å². The van der Waals surface area contributed by atoms with Gasteiger partial charge in [0.05, 0.1) is 19.2 Å². The van der Waals surface area contributed by atoms with Crippen LogP contribution in [-0.4, -0.2) is 19.1 Å². The molecule has 1 aliphatic rings. The molecule has 3 heteroatoms. The van der Waals surface area contributed by atoms with E-state index in [1.807, 2.05) is 36.9 Å². The number of carbonyl (C=O) groups excluding carboxylic acids is 1. The number of hydrogen-bond donors (Lipinski definition) is 0. The summed E-state index contributed by atoms with van der Waals surface area (Å²) in [5.41, 5.74) is 2.01. The van der Waals surface area contributed by atoms with Crippen LogP contribution in [0.25, 0.3) is 0 Å². The molecule has 1 aromatic carbocycles. The molecule has 0 saturated heterocycles. The van der Waals surface area contributed by atoms with E-state index in [1.165, 1.54) is 0 Å². The molecule has 0 aliphatic carbocycles. The number of hydrogen-bond acceptors (Lipinski definition) is 2. The van der Waals surface area contributed by atoms with Crippen molar-refractivity contribution in [1.82, 2.24) is 0 Å². The van der Waals surface area contributed by atoms with Gasteiger partial charge in [-0.05, 0) is 26.0 Å². The zero-order valence-corrected chi connectivity index (χ0v) is 9.28. The topological polar surface area (TPSA) is 29.5 Å². The maximum absolute atomic E-state index is 11.8. The Hall–Kier alpha value is -1.51. The molecule has 0 N–H and O–H groups in total. The van der Waals surface area contributed by atoms with Crippen molar-refractivity contribution in [2.75, 3.05) is 12.0 Å². The van der Waals surface area contributed by atoms with E-state index in [4.69, 9.17) is 4.74 Å². The first-order valence-corrected chi connectivity index (χ1v) is 5.13. The minimum atomic E-state index is 0.157. The van der Waals surface area contributed by atoms with Crippen LogP contribution >= 0.6 is 0 Å². The van der Waals surface area contributed by atoms with Crippen molar-refractivity contribution in [1.29, 1.82) is 0 Å². The predicted molar refractivity (Wildman–Crippen MR) is 59.3 cm³/mol. The van der Waals surface area contributed by atoms with E-state index in [0.717, 1.165) is 17.0 Å². The fourth-order valence-electron chi connectivity index (χ4n) is 2.09. The molecule has 1 heterocycles. The van der Waals surface area contributed by atoms with Crippen LogP contribution in [0.15, 0.2) is 18.2 Å². The second-order valence-electron chi connectivity index (χ2n) is 3.99. The largest absolute Gasteiger partial charge is 0.496 e. The minimum absolute atomic E-state index is 0.157. The number of amides is 1. The monoisotopic (exact) mass is 205 g/mol. The molecule has 1 aliphatic heterocycles. The number of nitrogens with zero attached hydrogens (tertiary/aromatic N) is 1. The molecule has 2 rings (SSSR count). The Balaban J connectivity index is 2.51. The van der Waals surface area contributed by atoms with Crippen molar-refractivity contribution in [2.24, 2.45) is 0 Å². The van der Waals surface area contributed by atoms with Gasteiger partial charge in [-0.25, -0.2) is 0 Å². The van der Waals surface area contributed by atoms with E-state index in [1.54, 1.807) is 7.11 Å². The first-order valence-electron chi connectivity index (χ1n) is 5.13. The van der Waals surface area contributed by atoms with Crippen LogP contribution in [0.3, 0.4) is 0 Å². The summed E-state index contributed by atoms with van der Waals surface area (Å²) in [7, 11) is 1.64. The third-order valence-electron chi connectivity index (χ3n) is 2.70. The molecule has 0 saturated carbocycles. The van der Waals surface area contributed by atoms with Gasteiger partial charge in [0.25, 0.3) is 0 Å². The number of fused-ring (bicyclic) bond motifs is 1. The van der Waals surface area contributed by atoms with Crippen molar-refractivity contribution in [2.45, 2.75) is 26.3 Å². The van der Waals surface area contributed by atoms with Gasteiger partial charge in [0, 0.05) is 11.6 Å². The number of benzene rings is 1. The summed E-state index contributed by atoms with van der Waals surface area (Å²) in [6, 6.07) is 6.00. The minimum Gasteiger partial charge on any atom is -0.496 e. The van der Waals surface area contributed by atoms with E-state index >= 15 is 0 Å². The summed E-state index contributed by atoms with van der Waals surface area (Å²) in [6.07, 6.45) is 0.456. The van der Waals surface area contributed by atoms with Gasteiger partial charge >= 0.3 is 0 Å². The van der Waals surface area contributed by atoms with Gasteiger partial charge in [0.15, 0.2) is 0 Å². The van der Waals surface area contributed by atoms with Gasteiger partial charge in [0.2, 0.25) is 5.91 Å². The average Bonchev–Trinajstić information content (AvgIpc) is 2.53. The van der Waals surface area contributed by atoms with Gasteiger partial charge in [0.1, 0.15) is 5.75 Å². The highest BCUT2D eigenvalue weighted by Gasteiger charge is 2.31. The van der Waals surface area contributed by atoms with Crippen LogP contribution in [-0.2, 0) is 11.2 Å². The standard InChI is InChI=1S/C12H15NO2/c1-8(2)13-10-5-4-6-11(15-3)9(10)7-12(13)14/h4-6,8H,7H2,1-3H3. The Kier molecular flexibility index (Phi) is 2.39. The smallest absolute Gasteiger partial charge is 0.231 e. The summed E-state index contributed by atoms with van der Waals surface area (Å²) in [5, 5.41) is 0. The fraction of sp³-hybridized carbons (Fsp3) is 0.417. The SMILES string of the molecule is COc1cccc2c1CC(=O)N2C(C)C. The predicted octanol–water partition coefficient (Wildman–Crippen LogP) is 1.99. The lowest BCUT2D eigenvalue weighted by atomic mass is 10.1. The fourth-order valence-corrected chi connectivity index (χ4v) is 2.09. The maximum atomic E-state index is 11.8. The lowest BCUT2D eigenvalue weighted by Gasteiger charge is -2.21. The van der Waals surface area contributed by atoms with Crippen molar-refractivity contribution in [3.8, 4) is 5.75 Å². The molecular weight excluding hydrogens is 190 g/mol. The Morgan fingerprint density at radius 3 is 2.73 bits per heavy atom. The molecule has 0 unspecified atom stereocenters. The Bertz CT molecular complexity index is 399. The molecule has 3 nitrogen and oxygen atoms in total. The van der Waals surface area contributed by atoms with E-state index in [2.05, 4.69) is 0 Å². The normalized spacial score (nSPS) is 14.7. The molecule has 0 fully saturated rings. The zero-order valence-electron chi connectivity index (χ0n) is 9.28. The third-order valence-corrected chi connectivity index (χ3v) is 2.70. The van der Waals surface area contributed by atoms with E-state index < -0.39 is 0 Å². The average molecular weight is 205 g/mol. The Labute approximate surface area is 89.7 Å². The second kappa shape index (κ2) is 3.57. The number of carbonyl (C=O) groups is 1. The molecule has 15 heavy (non-hydrogen) atoms. The van der Waals surface area contributed by atoms with E-state index in [0.29, 0.717) is 6.42 Å². The Morgan fingerprint density at radius 2 is 2.13 bits per heavy atom. The van der Waals surface area contributed by atoms with Crippen molar-refractivity contribution in [3.63, 3.8) is 0 Å². The molecule has 80 valence electrons. The van der Waals surface area contributed by atoms with Gasteiger partial charge in [-0.2, -0.15) is 0 Å². The van der Waals surface area contributed by atoms with E-state index in [-0.39, 0.29) is 11.9 Å². The third kappa shape index (κ3) is 1.48. The second-order valence-corrected chi connectivity index (χ2v) is 3.99. The lowest BCUT2D eigenvalue weighted by Crippen LogP contribution is -2.33. The van der Waals surface area contributed by atoms with Crippen molar-refractivity contribution >= 4 is 11.6 Å². The van der Waals surface area contributed by atoms with Crippen LogP contribution in [0.1, 0.15) is 19.4 Å². The van der Waals surface area contributed by atoms with Gasteiger partial charge in [-0.1, -0.05) is 6.07 Å². The highest BCUT2D eigenvalue weighted by Crippen LogP contribution is 2.36. The molecule has 0 spiro atoms. The number of rotatable bonds is 2. The molecule has 1 aromatic rings. The summed E-state index contributed by atoms with van der Waals surface area (Å²) in [6.45, 7) is 4.04. The summed E-state index contributed by atoms with van der Waals surface area (Å²) >= 11 is 0. The van der Waals surface area contributed by atoms with Gasteiger partial charge < -0.3 is 9.64 Å². The number of methoxy groups -OCH3 is 1. The highest BCUT2D eigenvalue weighted by molar-refractivity contribution is 6.02. The molecular formula is C12H15NO2. The van der Waals surface area contributed by atoms with Crippen molar-refractivity contribution < 1.29 is 9.53 Å². The Morgan fingerprint density at radius 1 is 1.40 bits per heavy atom. The molecule has 1 amide bonds. The number of anilines is 1. The summed E-state index contributed by atoms with van der Waals surface area (Å²) in [4.78, 5) is 13.6. The maximum Gasteiger partial charge on any atom is 0.231 e. The van der Waals surface area contributed by atoms with Gasteiger partial charge in [-0.15, -0.1) is 0 Å². The summed E-state index contributed by atoms with van der Waals surface area (Å²) < 4.78 is 5.25. The number of ether oxygens (including phenoxy) is 1. The van der Waals surface area contributed by atoms with Crippen LogP contribution in [0.2, 0.25) is 0 Å². The molecule has 0 aromatic heterocycles. The van der Waals surface area contributed by atoms with Crippen LogP contribution in [0.5, 0.6) is 5.75 Å². The molecule has 0 radical (unpaired) electrons. The zero-order chi connectivity index (χ0) is 11.0. The lowest BCUT2D eigenvalue weighted by molar-refractivity contribution is -0.117. The van der Waals surface area contributed by atoms with Crippen LogP contribution in [0.4, 0.5) is 5.69 Å². The molecule has 0 bridgehead atoms. The highest BCUT2D eigenvalue weighted by atomic mass is 16.5. The molecule has 0 atom stereocenters. The quantitative estimate of drug-likeness (QED) is 0.739.